The third-order valence-electron chi connectivity index (χ3n) is 3.19. The molecule has 1 saturated heterocycles. The molecule has 0 aromatic heterocycles. The zero-order valence-corrected chi connectivity index (χ0v) is 11.5. The van der Waals surface area contributed by atoms with Crippen LogP contribution in [0.1, 0.15) is 15.9 Å². The number of alkyl halides is 4. The van der Waals surface area contributed by atoms with Gasteiger partial charge in [0.2, 0.25) is 0 Å². The molecule has 0 spiro atoms. The second-order valence-electron chi connectivity index (χ2n) is 4.57. The lowest BCUT2D eigenvalue weighted by Crippen LogP contribution is -2.49. The van der Waals surface area contributed by atoms with Crippen LogP contribution in [0.5, 0.6) is 0 Å². The number of morpholine rings is 1. The highest BCUT2D eigenvalue weighted by Gasteiger charge is 2.34. The van der Waals surface area contributed by atoms with Gasteiger partial charge in [-0.2, -0.15) is 13.2 Å². The highest BCUT2D eigenvalue weighted by Crippen LogP contribution is 2.31. The van der Waals surface area contributed by atoms with Crippen LogP contribution in [0.3, 0.4) is 0 Å². The largest absolute Gasteiger partial charge is 0.416 e. The molecule has 1 aromatic rings. The number of carbonyl (C=O) groups excluding carboxylic acids is 1. The fourth-order valence-corrected chi connectivity index (χ4v) is 2.33. The normalized spacial score (nSPS) is 19.7. The van der Waals surface area contributed by atoms with Gasteiger partial charge in [-0.15, -0.1) is 11.6 Å². The predicted molar refractivity (Wildman–Crippen MR) is 67.8 cm³/mol. The topological polar surface area (TPSA) is 29.5 Å². The minimum atomic E-state index is -4.64. The van der Waals surface area contributed by atoms with Crippen molar-refractivity contribution in [1.82, 2.24) is 4.90 Å². The number of rotatable bonds is 2. The molecule has 116 valence electrons. The fourth-order valence-electron chi connectivity index (χ4n) is 2.07. The van der Waals surface area contributed by atoms with Gasteiger partial charge < -0.3 is 9.64 Å². The molecule has 1 fully saturated rings. The van der Waals surface area contributed by atoms with Crippen molar-refractivity contribution in [3.8, 4) is 0 Å². The molecule has 1 aliphatic heterocycles. The van der Waals surface area contributed by atoms with Crippen molar-refractivity contribution >= 4 is 17.5 Å². The van der Waals surface area contributed by atoms with Crippen LogP contribution in [0.4, 0.5) is 17.6 Å². The molecule has 0 bridgehead atoms. The van der Waals surface area contributed by atoms with Crippen LogP contribution in [-0.4, -0.2) is 42.5 Å². The second-order valence-corrected chi connectivity index (χ2v) is 4.88. The van der Waals surface area contributed by atoms with E-state index in [-0.39, 0.29) is 25.6 Å². The average Bonchev–Trinajstić information content (AvgIpc) is 2.45. The van der Waals surface area contributed by atoms with E-state index >= 15 is 0 Å². The summed E-state index contributed by atoms with van der Waals surface area (Å²) in [5.41, 5.74) is -1.68. The summed E-state index contributed by atoms with van der Waals surface area (Å²) in [6.45, 7) is 0.571. The summed E-state index contributed by atoms with van der Waals surface area (Å²) in [6, 6.07) is 1.29. The van der Waals surface area contributed by atoms with Gasteiger partial charge >= 0.3 is 6.18 Å². The molecule has 1 heterocycles. The first-order chi connectivity index (χ1) is 9.84. The lowest BCUT2D eigenvalue weighted by Gasteiger charge is -2.34. The van der Waals surface area contributed by atoms with Crippen molar-refractivity contribution in [1.29, 1.82) is 0 Å². The first-order valence-electron chi connectivity index (χ1n) is 6.16. The monoisotopic (exact) mass is 325 g/mol. The third-order valence-corrected chi connectivity index (χ3v) is 3.55. The maximum atomic E-state index is 13.7. The molecule has 1 atom stereocenters. The Bertz CT molecular complexity index is 535. The highest BCUT2D eigenvalue weighted by atomic mass is 35.5. The Morgan fingerprint density at radius 3 is 2.76 bits per heavy atom. The molecular formula is C13H12ClF4NO2. The van der Waals surface area contributed by atoms with E-state index in [0.29, 0.717) is 18.2 Å². The van der Waals surface area contributed by atoms with Crippen LogP contribution < -0.4 is 0 Å². The Hall–Kier alpha value is -1.34. The van der Waals surface area contributed by atoms with Crippen LogP contribution in [0.25, 0.3) is 0 Å². The van der Waals surface area contributed by atoms with Gasteiger partial charge in [-0.25, -0.2) is 4.39 Å². The zero-order chi connectivity index (χ0) is 15.6. The number of hydrogen-bond donors (Lipinski definition) is 0. The zero-order valence-electron chi connectivity index (χ0n) is 10.8. The minimum Gasteiger partial charge on any atom is -0.377 e. The molecule has 2 rings (SSSR count). The van der Waals surface area contributed by atoms with E-state index in [2.05, 4.69) is 0 Å². The second kappa shape index (κ2) is 6.19. The van der Waals surface area contributed by atoms with Crippen molar-refractivity contribution in [2.45, 2.75) is 12.2 Å². The van der Waals surface area contributed by atoms with Gasteiger partial charge in [0, 0.05) is 12.4 Å². The first kappa shape index (κ1) is 16.0. The van der Waals surface area contributed by atoms with E-state index in [9.17, 15) is 22.4 Å². The van der Waals surface area contributed by atoms with Gasteiger partial charge in [0.05, 0.1) is 30.4 Å². The molecule has 1 unspecified atom stereocenters. The van der Waals surface area contributed by atoms with Crippen LogP contribution in [-0.2, 0) is 10.9 Å². The van der Waals surface area contributed by atoms with Crippen LogP contribution in [0.15, 0.2) is 18.2 Å². The van der Waals surface area contributed by atoms with Crippen molar-refractivity contribution in [2.75, 3.05) is 25.6 Å². The van der Waals surface area contributed by atoms with Gasteiger partial charge in [-0.3, -0.25) is 4.79 Å². The standard InChI is InChI=1S/C13H12ClF4NO2/c14-6-9-7-21-4-3-19(9)12(20)10-5-8(13(16,17)18)1-2-11(10)15/h1-2,5,9H,3-4,6-7H2. The Balaban J connectivity index is 2.33. The van der Waals surface area contributed by atoms with Gasteiger partial charge in [-0.1, -0.05) is 0 Å². The van der Waals surface area contributed by atoms with Crippen LogP contribution >= 0.6 is 11.6 Å². The summed E-state index contributed by atoms with van der Waals surface area (Å²) in [4.78, 5) is 13.5. The molecule has 21 heavy (non-hydrogen) atoms. The number of hydrogen-bond acceptors (Lipinski definition) is 2. The van der Waals surface area contributed by atoms with Gasteiger partial charge in [-0.05, 0) is 18.2 Å². The van der Waals surface area contributed by atoms with Gasteiger partial charge in [0.1, 0.15) is 5.82 Å². The lowest BCUT2D eigenvalue weighted by molar-refractivity contribution is -0.137. The third kappa shape index (κ3) is 3.47. The van der Waals surface area contributed by atoms with Crippen molar-refractivity contribution < 1.29 is 27.1 Å². The van der Waals surface area contributed by atoms with E-state index in [0.717, 1.165) is 0 Å². The Morgan fingerprint density at radius 1 is 1.43 bits per heavy atom. The fraction of sp³-hybridized carbons (Fsp3) is 0.462. The summed E-state index contributed by atoms with van der Waals surface area (Å²) in [5, 5.41) is 0. The van der Waals surface area contributed by atoms with Crippen LogP contribution in [0, 0.1) is 5.82 Å². The number of carbonyl (C=O) groups is 1. The quantitative estimate of drug-likeness (QED) is 0.618. The van der Waals surface area contributed by atoms with Crippen molar-refractivity contribution in [3.63, 3.8) is 0 Å². The van der Waals surface area contributed by atoms with E-state index in [1.165, 1.54) is 4.90 Å². The molecule has 1 aliphatic rings. The maximum Gasteiger partial charge on any atom is 0.416 e. The van der Waals surface area contributed by atoms with Crippen molar-refractivity contribution in [3.05, 3.63) is 35.1 Å². The van der Waals surface area contributed by atoms with Crippen molar-refractivity contribution in [2.24, 2.45) is 0 Å². The minimum absolute atomic E-state index is 0.0618. The van der Waals surface area contributed by atoms with E-state index in [1.54, 1.807) is 0 Å². The molecule has 0 aliphatic carbocycles. The van der Waals surface area contributed by atoms with Crippen LogP contribution in [0.2, 0.25) is 0 Å². The smallest absolute Gasteiger partial charge is 0.377 e. The number of benzene rings is 1. The molecule has 1 amide bonds. The Labute approximate surface area is 123 Å². The number of ether oxygens (including phenoxy) is 1. The van der Waals surface area contributed by atoms with E-state index in [4.69, 9.17) is 16.3 Å². The maximum absolute atomic E-state index is 13.7. The summed E-state index contributed by atoms with van der Waals surface area (Å²) >= 11 is 5.70. The SMILES string of the molecule is O=C(c1cc(C(F)(F)F)ccc1F)N1CCOCC1CCl. The van der Waals surface area contributed by atoms with Gasteiger partial charge in [0.25, 0.3) is 5.91 Å². The molecule has 0 radical (unpaired) electrons. The predicted octanol–water partition coefficient (Wildman–Crippen LogP) is 2.92. The Kier molecular flexibility index (Phi) is 4.73. The molecule has 0 saturated carbocycles. The number of halogens is 5. The Morgan fingerprint density at radius 2 is 2.14 bits per heavy atom. The van der Waals surface area contributed by atoms with E-state index < -0.39 is 35.1 Å². The highest BCUT2D eigenvalue weighted by molar-refractivity contribution is 6.18. The summed E-state index contributed by atoms with van der Waals surface area (Å²) in [7, 11) is 0. The summed E-state index contributed by atoms with van der Waals surface area (Å²) < 4.78 is 56.8. The van der Waals surface area contributed by atoms with E-state index in [1.807, 2.05) is 0 Å². The molecule has 1 aromatic carbocycles. The number of nitrogens with zero attached hydrogens (tertiary/aromatic N) is 1. The first-order valence-corrected chi connectivity index (χ1v) is 6.69. The average molecular weight is 326 g/mol. The number of amides is 1. The summed E-state index contributed by atoms with van der Waals surface area (Å²) in [5.74, 6) is -1.74. The lowest BCUT2D eigenvalue weighted by atomic mass is 10.1. The summed E-state index contributed by atoms with van der Waals surface area (Å²) in [6.07, 6.45) is -4.64. The molecule has 8 heteroatoms. The molecule has 3 nitrogen and oxygen atoms in total. The molecule has 0 N–H and O–H groups in total. The molecular weight excluding hydrogens is 314 g/mol. The van der Waals surface area contributed by atoms with Gasteiger partial charge in [0.15, 0.2) is 0 Å².